The van der Waals surface area contributed by atoms with Crippen LogP contribution in [0, 0.1) is 5.92 Å². The molecular formula is C15H22ClNO3. The molecule has 2 rings (SSSR count). The van der Waals surface area contributed by atoms with Gasteiger partial charge in [0.15, 0.2) is 11.5 Å². The van der Waals surface area contributed by atoms with E-state index in [1.54, 1.807) is 21.3 Å². The molecule has 1 aromatic carbocycles. The van der Waals surface area contributed by atoms with Crippen molar-refractivity contribution in [1.82, 2.24) is 5.32 Å². The van der Waals surface area contributed by atoms with Crippen molar-refractivity contribution >= 4 is 11.6 Å². The van der Waals surface area contributed by atoms with E-state index in [1.165, 1.54) is 12.8 Å². The zero-order valence-corrected chi connectivity index (χ0v) is 13.0. The molecule has 1 N–H and O–H groups in total. The minimum absolute atomic E-state index is 0.577. The maximum absolute atomic E-state index is 6.49. The summed E-state index contributed by atoms with van der Waals surface area (Å²) in [6.45, 7) is 2.13. The Morgan fingerprint density at radius 1 is 1.20 bits per heavy atom. The van der Waals surface area contributed by atoms with E-state index < -0.39 is 0 Å². The molecule has 112 valence electrons. The fourth-order valence-electron chi connectivity index (χ4n) is 2.73. The Balaban J connectivity index is 2.34. The summed E-state index contributed by atoms with van der Waals surface area (Å²) in [6, 6.07) is 1.84. The predicted octanol–water partition coefficient (Wildman–Crippen LogP) is 2.91. The average Bonchev–Trinajstić information content (AvgIpc) is 2.49. The number of halogens is 1. The average molecular weight is 300 g/mol. The lowest BCUT2D eigenvalue weighted by molar-refractivity contribution is 0.341. The third-order valence-corrected chi connectivity index (χ3v) is 4.18. The summed E-state index contributed by atoms with van der Waals surface area (Å²) in [5.41, 5.74) is 1.00. The van der Waals surface area contributed by atoms with Crippen LogP contribution >= 0.6 is 11.6 Å². The van der Waals surface area contributed by atoms with Gasteiger partial charge in [-0.05, 0) is 38.3 Å². The normalized spacial score (nSPS) is 18.7. The Kier molecular flexibility index (Phi) is 5.38. The molecule has 1 aromatic rings. The number of rotatable bonds is 5. The zero-order chi connectivity index (χ0) is 14.5. The van der Waals surface area contributed by atoms with Gasteiger partial charge in [0.05, 0.1) is 26.4 Å². The summed E-state index contributed by atoms with van der Waals surface area (Å²) in [5, 5.41) is 4.02. The first-order valence-corrected chi connectivity index (χ1v) is 7.27. The molecule has 1 aliphatic heterocycles. The van der Waals surface area contributed by atoms with Gasteiger partial charge >= 0.3 is 0 Å². The van der Waals surface area contributed by atoms with Gasteiger partial charge in [0.25, 0.3) is 0 Å². The van der Waals surface area contributed by atoms with E-state index in [0.29, 0.717) is 22.4 Å². The van der Waals surface area contributed by atoms with Crippen molar-refractivity contribution in [3.8, 4) is 17.2 Å². The number of hydrogen-bond donors (Lipinski definition) is 1. The lowest BCUT2D eigenvalue weighted by Crippen LogP contribution is -2.31. The van der Waals surface area contributed by atoms with Gasteiger partial charge < -0.3 is 19.5 Å². The maximum Gasteiger partial charge on any atom is 0.179 e. The second kappa shape index (κ2) is 7.04. The fraction of sp³-hybridized carbons (Fsp3) is 0.600. The topological polar surface area (TPSA) is 39.7 Å². The Morgan fingerprint density at radius 2 is 1.95 bits per heavy atom. The predicted molar refractivity (Wildman–Crippen MR) is 80.4 cm³/mol. The fourth-order valence-corrected chi connectivity index (χ4v) is 3.07. The summed E-state index contributed by atoms with van der Waals surface area (Å²) in [4.78, 5) is 0. The van der Waals surface area contributed by atoms with Gasteiger partial charge in [-0.15, -0.1) is 0 Å². The molecule has 1 fully saturated rings. The molecule has 5 heteroatoms. The van der Waals surface area contributed by atoms with Crippen LogP contribution in [0.15, 0.2) is 6.07 Å². The second-order valence-corrected chi connectivity index (χ2v) is 5.40. The molecule has 1 atom stereocenters. The van der Waals surface area contributed by atoms with E-state index in [-0.39, 0.29) is 0 Å². The van der Waals surface area contributed by atoms with E-state index in [0.717, 1.165) is 30.8 Å². The number of ether oxygens (including phenoxy) is 3. The van der Waals surface area contributed by atoms with Crippen LogP contribution < -0.4 is 19.5 Å². The maximum atomic E-state index is 6.49. The van der Waals surface area contributed by atoms with E-state index in [4.69, 9.17) is 25.8 Å². The largest absolute Gasteiger partial charge is 0.496 e. The van der Waals surface area contributed by atoms with Gasteiger partial charge in [0, 0.05) is 11.6 Å². The number of benzene rings is 1. The lowest BCUT2D eigenvalue weighted by Gasteiger charge is -2.25. The molecule has 0 radical (unpaired) electrons. The highest BCUT2D eigenvalue weighted by atomic mass is 35.5. The molecule has 20 heavy (non-hydrogen) atoms. The molecule has 4 nitrogen and oxygen atoms in total. The van der Waals surface area contributed by atoms with Crippen LogP contribution in [0.1, 0.15) is 18.4 Å². The Hall–Kier alpha value is -1.13. The summed E-state index contributed by atoms with van der Waals surface area (Å²) >= 11 is 6.49. The first-order valence-electron chi connectivity index (χ1n) is 6.89. The van der Waals surface area contributed by atoms with Gasteiger partial charge in [0.1, 0.15) is 5.75 Å². The second-order valence-electron chi connectivity index (χ2n) is 5.02. The number of methoxy groups -OCH3 is 3. The molecule has 1 unspecified atom stereocenters. The van der Waals surface area contributed by atoms with Gasteiger partial charge in [-0.1, -0.05) is 11.6 Å². The molecule has 0 bridgehead atoms. The molecule has 1 saturated heterocycles. The van der Waals surface area contributed by atoms with Crippen LogP contribution in [-0.2, 0) is 6.42 Å². The molecule has 1 aliphatic rings. The van der Waals surface area contributed by atoms with E-state index in [2.05, 4.69) is 5.32 Å². The van der Waals surface area contributed by atoms with Crippen LogP contribution in [0.2, 0.25) is 5.02 Å². The van der Waals surface area contributed by atoms with Crippen LogP contribution in [-0.4, -0.2) is 34.4 Å². The third-order valence-electron chi connectivity index (χ3n) is 3.78. The minimum Gasteiger partial charge on any atom is -0.496 e. The quantitative estimate of drug-likeness (QED) is 0.907. The molecule has 0 aromatic heterocycles. The van der Waals surface area contributed by atoms with Gasteiger partial charge in [-0.2, -0.15) is 0 Å². The van der Waals surface area contributed by atoms with Crippen molar-refractivity contribution in [2.75, 3.05) is 34.4 Å². The molecular weight excluding hydrogens is 278 g/mol. The van der Waals surface area contributed by atoms with E-state index in [1.807, 2.05) is 6.07 Å². The minimum atomic E-state index is 0.577. The standard InChI is InChI=1S/C15H22ClNO3/c1-18-12-8-13(19-2)15(20-3)14(16)11(12)7-10-5-4-6-17-9-10/h8,10,17H,4-7,9H2,1-3H3. The molecule has 0 saturated carbocycles. The van der Waals surface area contributed by atoms with Crippen LogP contribution in [0.3, 0.4) is 0 Å². The van der Waals surface area contributed by atoms with Crippen molar-refractivity contribution in [3.05, 3.63) is 16.7 Å². The monoisotopic (exact) mass is 299 g/mol. The third kappa shape index (κ3) is 3.13. The van der Waals surface area contributed by atoms with Gasteiger partial charge in [0.2, 0.25) is 0 Å². The van der Waals surface area contributed by atoms with Gasteiger partial charge in [-0.3, -0.25) is 0 Å². The Morgan fingerprint density at radius 3 is 2.50 bits per heavy atom. The van der Waals surface area contributed by atoms with Gasteiger partial charge in [-0.25, -0.2) is 0 Å². The Labute approximate surface area is 125 Å². The van der Waals surface area contributed by atoms with Crippen LogP contribution in [0.25, 0.3) is 0 Å². The highest BCUT2D eigenvalue weighted by Gasteiger charge is 2.22. The molecule has 0 spiro atoms. The van der Waals surface area contributed by atoms with Crippen molar-refractivity contribution in [2.24, 2.45) is 5.92 Å². The zero-order valence-electron chi connectivity index (χ0n) is 12.3. The first kappa shape index (κ1) is 15.3. The van der Waals surface area contributed by atoms with Crippen molar-refractivity contribution < 1.29 is 14.2 Å². The lowest BCUT2D eigenvalue weighted by atomic mass is 9.91. The first-order chi connectivity index (χ1) is 9.71. The summed E-state index contributed by atoms with van der Waals surface area (Å²) in [7, 11) is 4.85. The smallest absolute Gasteiger partial charge is 0.179 e. The SMILES string of the molecule is COc1cc(OC)c(OC)c(Cl)c1CC1CCCNC1. The molecule has 0 amide bonds. The van der Waals surface area contributed by atoms with E-state index in [9.17, 15) is 0 Å². The highest BCUT2D eigenvalue weighted by Crippen LogP contribution is 2.43. The number of nitrogens with one attached hydrogen (secondary N) is 1. The number of hydrogen-bond acceptors (Lipinski definition) is 4. The molecule has 0 aliphatic carbocycles. The van der Waals surface area contributed by atoms with E-state index >= 15 is 0 Å². The summed E-state index contributed by atoms with van der Waals surface area (Å²) in [5.74, 6) is 2.51. The summed E-state index contributed by atoms with van der Waals surface area (Å²) < 4.78 is 16.1. The highest BCUT2D eigenvalue weighted by molar-refractivity contribution is 6.33. The van der Waals surface area contributed by atoms with Crippen molar-refractivity contribution in [1.29, 1.82) is 0 Å². The van der Waals surface area contributed by atoms with Crippen molar-refractivity contribution in [2.45, 2.75) is 19.3 Å². The molecule has 1 heterocycles. The number of piperidine rings is 1. The van der Waals surface area contributed by atoms with Crippen LogP contribution in [0.4, 0.5) is 0 Å². The Bertz CT molecular complexity index is 459. The van der Waals surface area contributed by atoms with Crippen LogP contribution in [0.5, 0.6) is 17.2 Å². The van der Waals surface area contributed by atoms with Crippen molar-refractivity contribution in [3.63, 3.8) is 0 Å². The summed E-state index contributed by atoms with van der Waals surface area (Å²) in [6.07, 6.45) is 3.30.